The summed E-state index contributed by atoms with van der Waals surface area (Å²) in [6, 6.07) is 11.6. The topological polar surface area (TPSA) is 55.1 Å². The van der Waals surface area contributed by atoms with E-state index in [9.17, 15) is 4.79 Å². The zero-order valence-electron chi connectivity index (χ0n) is 12.3. The quantitative estimate of drug-likeness (QED) is 0.755. The van der Waals surface area contributed by atoms with Crippen molar-refractivity contribution in [2.45, 2.75) is 20.3 Å². The second-order valence-electron chi connectivity index (χ2n) is 5.31. The Hall–Kier alpha value is -2.14. The van der Waals surface area contributed by atoms with Crippen LogP contribution in [0.4, 0.5) is 5.69 Å². The van der Waals surface area contributed by atoms with E-state index in [2.05, 4.69) is 26.4 Å². The fourth-order valence-corrected chi connectivity index (χ4v) is 2.82. The number of carbonyl (C=O) groups is 1. The monoisotopic (exact) mass is 358 g/mol. The lowest BCUT2D eigenvalue weighted by Gasteiger charge is -2.08. The van der Waals surface area contributed by atoms with Crippen LogP contribution in [-0.4, -0.2) is 11.1 Å². The number of amides is 1. The Balaban J connectivity index is 1.79. The van der Waals surface area contributed by atoms with Crippen molar-refractivity contribution in [3.05, 3.63) is 57.7 Å². The van der Waals surface area contributed by atoms with Crippen molar-refractivity contribution in [1.29, 1.82) is 0 Å². The molecule has 5 heteroatoms. The normalized spacial score (nSPS) is 10.9. The first-order chi connectivity index (χ1) is 10.5. The Morgan fingerprint density at radius 1 is 1.23 bits per heavy atom. The third-order valence-electron chi connectivity index (χ3n) is 3.49. The molecule has 2 aromatic carbocycles. The summed E-state index contributed by atoms with van der Waals surface area (Å²) >= 11 is 3.41. The average Bonchev–Trinajstić information content (AvgIpc) is 2.84. The number of hydrogen-bond donors (Lipinski definition) is 1. The van der Waals surface area contributed by atoms with Crippen LogP contribution >= 0.6 is 15.9 Å². The predicted octanol–water partition coefficient (Wildman–Crippen LogP) is 4.39. The van der Waals surface area contributed by atoms with Gasteiger partial charge >= 0.3 is 0 Å². The highest BCUT2D eigenvalue weighted by Gasteiger charge is 2.13. The van der Waals surface area contributed by atoms with Gasteiger partial charge in [-0.3, -0.25) is 4.79 Å². The summed E-state index contributed by atoms with van der Waals surface area (Å²) < 4.78 is 6.25. The number of benzene rings is 2. The van der Waals surface area contributed by atoms with Crippen LogP contribution in [0.3, 0.4) is 0 Å². The molecular formula is C17H15BrN2O2. The highest BCUT2D eigenvalue weighted by molar-refractivity contribution is 9.10. The van der Waals surface area contributed by atoms with Crippen LogP contribution in [0.1, 0.15) is 16.8 Å². The van der Waals surface area contributed by atoms with Gasteiger partial charge in [-0.05, 0) is 49.7 Å². The number of rotatable bonds is 3. The molecule has 0 aliphatic carbocycles. The first-order valence-corrected chi connectivity index (χ1v) is 7.73. The Kier molecular flexibility index (Phi) is 3.98. The van der Waals surface area contributed by atoms with Gasteiger partial charge in [0.25, 0.3) is 0 Å². The third kappa shape index (κ3) is 3.04. The average molecular weight is 359 g/mol. The van der Waals surface area contributed by atoms with Crippen LogP contribution in [0.5, 0.6) is 0 Å². The predicted molar refractivity (Wildman–Crippen MR) is 90.0 cm³/mol. The van der Waals surface area contributed by atoms with Gasteiger partial charge in [0, 0.05) is 15.5 Å². The number of fused-ring (bicyclic) bond motifs is 1. The Morgan fingerprint density at radius 2 is 2.05 bits per heavy atom. The fraction of sp³-hybridized carbons (Fsp3) is 0.176. The van der Waals surface area contributed by atoms with Crippen molar-refractivity contribution in [3.63, 3.8) is 0 Å². The Labute approximate surface area is 136 Å². The number of aromatic nitrogens is 1. The van der Waals surface area contributed by atoms with E-state index >= 15 is 0 Å². The second-order valence-corrected chi connectivity index (χ2v) is 6.23. The Morgan fingerprint density at radius 3 is 2.82 bits per heavy atom. The molecule has 1 N–H and O–H groups in total. The molecule has 0 aliphatic heterocycles. The number of hydrogen-bond acceptors (Lipinski definition) is 3. The lowest BCUT2D eigenvalue weighted by molar-refractivity contribution is -0.115. The first-order valence-electron chi connectivity index (χ1n) is 6.94. The van der Waals surface area contributed by atoms with Crippen LogP contribution in [0, 0.1) is 13.8 Å². The minimum Gasteiger partial charge on any atom is -0.356 e. The number of aryl methyl sites for hydroxylation is 2. The molecule has 0 atom stereocenters. The van der Waals surface area contributed by atoms with Gasteiger partial charge in [-0.2, -0.15) is 0 Å². The molecular weight excluding hydrogens is 344 g/mol. The van der Waals surface area contributed by atoms with Crippen molar-refractivity contribution in [3.8, 4) is 0 Å². The second kappa shape index (κ2) is 5.93. The molecule has 3 aromatic rings. The van der Waals surface area contributed by atoms with Crippen molar-refractivity contribution in [2.75, 3.05) is 5.32 Å². The van der Waals surface area contributed by atoms with E-state index < -0.39 is 0 Å². The highest BCUT2D eigenvalue weighted by atomic mass is 79.9. The maximum absolute atomic E-state index is 12.2. The molecule has 0 fully saturated rings. The maximum Gasteiger partial charge on any atom is 0.230 e. The van der Waals surface area contributed by atoms with Crippen LogP contribution < -0.4 is 5.32 Å². The fourth-order valence-electron chi connectivity index (χ4n) is 2.34. The lowest BCUT2D eigenvalue weighted by atomic mass is 10.1. The summed E-state index contributed by atoms with van der Waals surface area (Å²) in [5.74, 6) is -0.109. The van der Waals surface area contributed by atoms with Crippen molar-refractivity contribution in [1.82, 2.24) is 5.16 Å². The van der Waals surface area contributed by atoms with Gasteiger partial charge in [-0.1, -0.05) is 32.7 Å². The first kappa shape index (κ1) is 14.8. The molecule has 22 heavy (non-hydrogen) atoms. The summed E-state index contributed by atoms with van der Waals surface area (Å²) in [7, 11) is 0. The van der Waals surface area contributed by atoms with Crippen molar-refractivity contribution in [2.24, 2.45) is 0 Å². The molecule has 1 amide bonds. The van der Waals surface area contributed by atoms with Gasteiger partial charge in [-0.15, -0.1) is 0 Å². The molecule has 1 heterocycles. The molecule has 112 valence electrons. The van der Waals surface area contributed by atoms with E-state index in [0.717, 1.165) is 26.7 Å². The van der Waals surface area contributed by atoms with Crippen LogP contribution in [-0.2, 0) is 11.2 Å². The number of nitrogens with one attached hydrogen (secondary N) is 1. The summed E-state index contributed by atoms with van der Waals surface area (Å²) in [6.45, 7) is 3.96. The number of anilines is 1. The third-order valence-corrected chi connectivity index (χ3v) is 3.98. The van der Waals surface area contributed by atoms with Gasteiger partial charge in [-0.25, -0.2) is 0 Å². The van der Waals surface area contributed by atoms with E-state index in [1.54, 1.807) is 0 Å². The van der Waals surface area contributed by atoms with Crippen LogP contribution in [0.2, 0.25) is 0 Å². The molecule has 4 nitrogen and oxygen atoms in total. The van der Waals surface area contributed by atoms with E-state index in [-0.39, 0.29) is 12.3 Å². The van der Waals surface area contributed by atoms with Gasteiger partial charge in [0.05, 0.1) is 6.42 Å². The molecule has 3 rings (SSSR count). The van der Waals surface area contributed by atoms with Crippen LogP contribution in [0.25, 0.3) is 11.0 Å². The van der Waals surface area contributed by atoms with E-state index in [1.807, 2.05) is 50.2 Å². The smallest absolute Gasteiger partial charge is 0.230 e. The highest BCUT2D eigenvalue weighted by Crippen LogP contribution is 2.22. The lowest BCUT2D eigenvalue weighted by Crippen LogP contribution is -2.15. The number of nitrogens with zero attached hydrogens (tertiary/aromatic N) is 1. The molecule has 0 saturated carbocycles. The SMILES string of the molecule is Cc1ccc2onc(CC(=O)Nc3ccc(Br)cc3C)c2c1. The number of carbonyl (C=O) groups excluding carboxylic acids is 1. The zero-order chi connectivity index (χ0) is 15.7. The van der Waals surface area contributed by atoms with Gasteiger partial charge in [0.2, 0.25) is 5.91 Å². The summed E-state index contributed by atoms with van der Waals surface area (Å²) in [6.07, 6.45) is 0.186. The van der Waals surface area contributed by atoms with E-state index in [0.29, 0.717) is 11.3 Å². The van der Waals surface area contributed by atoms with E-state index in [4.69, 9.17) is 4.52 Å². The summed E-state index contributed by atoms with van der Waals surface area (Å²) in [5.41, 5.74) is 4.28. The van der Waals surface area contributed by atoms with Crippen LogP contribution in [0.15, 0.2) is 45.4 Å². The molecule has 0 bridgehead atoms. The summed E-state index contributed by atoms with van der Waals surface area (Å²) in [4.78, 5) is 12.2. The van der Waals surface area contributed by atoms with Crippen molar-refractivity contribution >= 4 is 38.5 Å². The van der Waals surface area contributed by atoms with Gasteiger partial charge in [0.15, 0.2) is 5.58 Å². The van der Waals surface area contributed by atoms with Gasteiger partial charge in [0.1, 0.15) is 5.69 Å². The summed E-state index contributed by atoms with van der Waals surface area (Å²) in [5, 5.41) is 7.82. The largest absolute Gasteiger partial charge is 0.356 e. The van der Waals surface area contributed by atoms with Crippen molar-refractivity contribution < 1.29 is 9.32 Å². The maximum atomic E-state index is 12.2. The van der Waals surface area contributed by atoms with E-state index in [1.165, 1.54) is 0 Å². The zero-order valence-corrected chi connectivity index (χ0v) is 13.9. The molecule has 0 aliphatic rings. The van der Waals surface area contributed by atoms with Gasteiger partial charge < -0.3 is 9.84 Å². The molecule has 0 unspecified atom stereocenters. The standard InChI is InChI=1S/C17H15BrN2O2/c1-10-3-6-16-13(7-10)15(20-22-16)9-17(21)19-14-5-4-12(18)8-11(14)2/h3-8H,9H2,1-2H3,(H,19,21). The molecule has 0 spiro atoms. The minimum absolute atomic E-state index is 0.109. The molecule has 0 radical (unpaired) electrons. The molecule has 0 saturated heterocycles. The Bertz CT molecular complexity index is 855. The number of halogens is 1. The minimum atomic E-state index is -0.109. The molecule has 1 aromatic heterocycles.